The van der Waals surface area contributed by atoms with Crippen molar-refractivity contribution in [3.63, 3.8) is 0 Å². The van der Waals surface area contributed by atoms with Crippen molar-refractivity contribution in [2.24, 2.45) is 0 Å². The zero-order valence-corrected chi connectivity index (χ0v) is 11.7. The standard InChI is InChI=1S/C14H15FN2O2S/c1-10-2-7-13(8-14(10)16)20(18,19)17-9-11-3-5-12(15)6-4-11/h2-8,17H,9,16H2,1H3. The van der Waals surface area contributed by atoms with Crippen LogP contribution in [-0.2, 0) is 16.6 Å². The van der Waals surface area contributed by atoms with Crippen molar-refractivity contribution in [3.05, 3.63) is 59.4 Å². The molecule has 3 N–H and O–H groups in total. The molecule has 0 aliphatic rings. The van der Waals surface area contributed by atoms with Crippen LogP contribution in [0, 0.1) is 12.7 Å². The lowest BCUT2D eigenvalue weighted by molar-refractivity contribution is 0.581. The summed E-state index contributed by atoms with van der Waals surface area (Å²) in [5.41, 5.74) is 7.63. The van der Waals surface area contributed by atoms with Crippen LogP contribution in [0.4, 0.5) is 10.1 Å². The monoisotopic (exact) mass is 294 g/mol. The molecule has 2 rings (SSSR count). The Balaban J connectivity index is 2.14. The van der Waals surface area contributed by atoms with E-state index < -0.39 is 10.0 Å². The summed E-state index contributed by atoms with van der Waals surface area (Å²) in [6.07, 6.45) is 0. The van der Waals surface area contributed by atoms with Crippen LogP contribution in [0.15, 0.2) is 47.4 Å². The van der Waals surface area contributed by atoms with Crippen molar-refractivity contribution < 1.29 is 12.8 Å². The first kappa shape index (κ1) is 14.5. The Labute approximate surface area is 117 Å². The molecule has 0 radical (unpaired) electrons. The maximum Gasteiger partial charge on any atom is 0.240 e. The fraction of sp³-hybridized carbons (Fsp3) is 0.143. The molecule has 2 aromatic carbocycles. The highest BCUT2D eigenvalue weighted by atomic mass is 32.2. The van der Waals surface area contributed by atoms with Crippen molar-refractivity contribution in [2.45, 2.75) is 18.4 Å². The fourth-order valence-electron chi connectivity index (χ4n) is 1.65. The molecule has 0 atom stereocenters. The molecule has 0 amide bonds. The van der Waals surface area contributed by atoms with Gasteiger partial charge in [-0.15, -0.1) is 0 Å². The number of hydrogen-bond acceptors (Lipinski definition) is 3. The highest BCUT2D eigenvalue weighted by Crippen LogP contribution is 2.17. The first-order valence-corrected chi connectivity index (χ1v) is 7.47. The van der Waals surface area contributed by atoms with Crippen molar-refractivity contribution in [2.75, 3.05) is 5.73 Å². The average Bonchev–Trinajstić information content (AvgIpc) is 2.41. The third-order valence-corrected chi connectivity index (χ3v) is 4.34. The second-order valence-corrected chi connectivity index (χ2v) is 6.24. The number of sulfonamides is 1. The van der Waals surface area contributed by atoms with E-state index in [1.165, 1.54) is 36.4 Å². The van der Waals surface area contributed by atoms with E-state index in [1.54, 1.807) is 13.0 Å². The van der Waals surface area contributed by atoms with Gasteiger partial charge in [-0.05, 0) is 42.3 Å². The van der Waals surface area contributed by atoms with E-state index in [0.29, 0.717) is 11.3 Å². The van der Waals surface area contributed by atoms with Crippen LogP contribution in [0.1, 0.15) is 11.1 Å². The Bertz CT molecular complexity index is 712. The van der Waals surface area contributed by atoms with Crippen molar-refractivity contribution in [1.29, 1.82) is 0 Å². The Kier molecular flexibility index (Phi) is 4.06. The highest BCUT2D eigenvalue weighted by molar-refractivity contribution is 7.89. The van der Waals surface area contributed by atoms with Gasteiger partial charge in [-0.3, -0.25) is 0 Å². The summed E-state index contributed by atoms with van der Waals surface area (Å²) in [5, 5.41) is 0. The fourth-order valence-corrected chi connectivity index (χ4v) is 2.70. The third kappa shape index (κ3) is 3.34. The number of nitrogens with two attached hydrogens (primary N) is 1. The van der Waals surface area contributed by atoms with Gasteiger partial charge in [-0.1, -0.05) is 18.2 Å². The second kappa shape index (κ2) is 5.60. The minimum Gasteiger partial charge on any atom is -0.398 e. The van der Waals surface area contributed by atoms with Crippen LogP contribution in [0.3, 0.4) is 0 Å². The van der Waals surface area contributed by atoms with Gasteiger partial charge in [0, 0.05) is 12.2 Å². The Hall–Kier alpha value is -1.92. The SMILES string of the molecule is Cc1ccc(S(=O)(=O)NCc2ccc(F)cc2)cc1N. The largest absolute Gasteiger partial charge is 0.398 e. The van der Waals surface area contributed by atoms with E-state index in [1.807, 2.05) is 0 Å². The maximum absolute atomic E-state index is 12.8. The molecule has 0 bridgehead atoms. The van der Waals surface area contributed by atoms with Crippen LogP contribution in [0.25, 0.3) is 0 Å². The number of benzene rings is 2. The molecule has 0 saturated carbocycles. The molecule has 0 aliphatic heterocycles. The van der Waals surface area contributed by atoms with Crippen LogP contribution < -0.4 is 10.5 Å². The van der Waals surface area contributed by atoms with E-state index in [0.717, 1.165) is 5.56 Å². The lowest BCUT2D eigenvalue weighted by atomic mass is 10.2. The molecule has 20 heavy (non-hydrogen) atoms. The van der Waals surface area contributed by atoms with Gasteiger partial charge in [0.1, 0.15) is 5.82 Å². The number of halogens is 1. The van der Waals surface area contributed by atoms with Gasteiger partial charge in [-0.2, -0.15) is 0 Å². The average molecular weight is 294 g/mol. The maximum atomic E-state index is 12.8. The van der Waals surface area contributed by atoms with E-state index in [4.69, 9.17) is 5.73 Å². The number of aryl methyl sites for hydroxylation is 1. The van der Waals surface area contributed by atoms with Gasteiger partial charge < -0.3 is 5.73 Å². The van der Waals surface area contributed by atoms with E-state index >= 15 is 0 Å². The molecule has 0 fully saturated rings. The molecule has 2 aromatic rings. The predicted octanol–water partition coefficient (Wildman–Crippen LogP) is 2.19. The molecule has 4 nitrogen and oxygen atoms in total. The Morgan fingerprint density at radius 3 is 2.40 bits per heavy atom. The summed E-state index contributed by atoms with van der Waals surface area (Å²) in [4.78, 5) is 0.114. The number of hydrogen-bond donors (Lipinski definition) is 2. The first-order valence-electron chi connectivity index (χ1n) is 5.99. The molecule has 0 heterocycles. The van der Waals surface area contributed by atoms with Gasteiger partial charge in [-0.25, -0.2) is 17.5 Å². The van der Waals surface area contributed by atoms with Gasteiger partial charge in [0.25, 0.3) is 0 Å². The Morgan fingerprint density at radius 1 is 1.15 bits per heavy atom. The summed E-state index contributed by atoms with van der Waals surface area (Å²) in [7, 11) is -3.63. The number of nitrogen functional groups attached to an aromatic ring is 1. The second-order valence-electron chi connectivity index (χ2n) is 4.47. The van der Waals surface area contributed by atoms with Crippen LogP contribution >= 0.6 is 0 Å². The molecule has 106 valence electrons. The zero-order valence-electron chi connectivity index (χ0n) is 10.9. The molecule has 0 aromatic heterocycles. The number of nitrogens with one attached hydrogen (secondary N) is 1. The van der Waals surface area contributed by atoms with Crippen molar-refractivity contribution in [3.8, 4) is 0 Å². The number of anilines is 1. The minimum atomic E-state index is -3.63. The summed E-state index contributed by atoms with van der Waals surface area (Å²) >= 11 is 0. The third-order valence-electron chi connectivity index (χ3n) is 2.94. The van der Waals surface area contributed by atoms with Crippen molar-refractivity contribution >= 4 is 15.7 Å². The molecular formula is C14H15FN2O2S. The minimum absolute atomic E-state index is 0.0936. The lowest BCUT2D eigenvalue weighted by Gasteiger charge is -2.08. The van der Waals surface area contributed by atoms with E-state index in [2.05, 4.69) is 4.72 Å². The van der Waals surface area contributed by atoms with E-state index in [9.17, 15) is 12.8 Å². The molecular weight excluding hydrogens is 279 g/mol. The quantitative estimate of drug-likeness (QED) is 0.849. The molecule has 0 unspecified atom stereocenters. The highest BCUT2D eigenvalue weighted by Gasteiger charge is 2.14. The normalized spacial score (nSPS) is 11.5. The van der Waals surface area contributed by atoms with Crippen LogP contribution in [-0.4, -0.2) is 8.42 Å². The molecule has 6 heteroatoms. The number of rotatable bonds is 4. The summed E-state index contributed by atoms with van der Waals surface area (Å²) < 4.78 is 39.4. The zero-order chi connectivity index (χ0) is 14.8. The molecule has 0 spiro atoms. The topological polar surface area (TPSA) is 72.2 Å². The van der Waals surface area contributed by atoms with Crippen LogP contribution in [0.5, 0.6) is 0 Å². The summed E-state index contributed by atoms with van der Waals surface area (Å²) in [5.74, 6) is -0.358. The predicted molar refractivity (Wildman–Crippen MR) is 76.0 cm³/mol. The molecule has 0 aliphatic carbocycles. The Morgan fingerprint density at radius 2 is 1.80 bits per heavy atom. The van der Waals surface area contributed by atoms with Gasteiger partial charge in [0.2, 0.25) is 10.0 Å². The van der Waals surface area contributed by atoms with Gasteiger partial charge >= 0.3 is 0 Å². The smallest absolute Gasteiger partial charge is 0.240 e. The summed E-state index contributed by atoms with van der Waals surface area (Å²) in [6, 6.07) is 10.2. The first-order chi connectivity index (χ1) is 9.38. The van der Waals surface area contributed by atoms with Gasteiger partial charge in [0.15, 0.2) is 0 Å². The lowest BCUT2D eigenvalue weighted by Crippen LogP contribution is -2.23. The van der Waals surface area contributed by atoms with E-state index in [-0.39, 0.29) is 17.3 Å². The van der Waals surface area contributed by atoms with Crippen LogP contribution in [0.2, 0.25) is 0 Å². The van der Waals surface area contributed by atoms with Crippen molar-refractivity contribution in [1.82, 2.24) is 4.72 Å². The van der Waals surface area contributed by atoms with Gasteiger partial charge in [0.05, 0.1) is 4.90 Å². The molecule has 0 saturated heterocycles. The summed E-state index contributed by atoms with van der Waals surface area (Å²) in [6.45, 7) is 1.90.